The molecule has 7 nitrogen and oxygen atoms in total. The van der Waals surface area contributed by atoms with Crippen molar-refractivity contribution >= 4 is 33.0 Å². The van der Waals surface area contributed by atoms with E-state index in [0.717, 1.165) is 11.8 Å². The third-order valence-electron chi connectivity index (χ3n) is 3.70. The number of halogens is 1. The topological polar surface area (TPSA) is 102 Å². The maximum Gasteiger partial charge on any atom is 0.227 e. The van der Waals surface area contributed by atoms with Crippen LogP contribution in [0, 0.1) is 0 Å². The summed E-state index contributed by atoms with van der Waals surface area (Å²) in [6.07, 6.45) is 1.56. The molecule has 0 aliphatic heterocycles. The van der Waals surface area contributed by atoms with Crippen molar-refractivity contribution < 1.29 is 17.7 Å². The monoisotopic (exact) mass is 405 g/mol. The highest BCUT2D eigenvalue weighted by Crippen LogP contribution is 2.19. The van der Waals surface area contributed by atoms with E-state index in [1.165, 1.54) is 12.1 Å². The number of aromatic nitrogens is 2. The van der Waals surface area contributed by atoms with Gasteiger partial charge in [-0.25, -0.2) is 8.42 Å². The molecule has 3 aromatic rings. The lowest BCUT2D eigenvalue weighted by molar-refractivity contribution is -0.116. The standard InChI is InChI=1S/C18H16ClN3O4S/c1-27(24,25)15-8-6-14(7-9-15)20-16(23)10-11-17-21-18(22-26-17)12-2-4-13(19)5-3-12/h2-9H,10-11H2,1H3,(H,20,23). The van der Waals surface area contributed by atoms with Crippen molar-refractivity contribution in [2.24, 2.45) is 0 Å². The molecule has 0 aliphatic rings. The number of carbonyl (C=O) groups excluding carboxylic acids is 1. The Hall–Kier alpha value is -2.71. The average molecular weight is 406 g/mol. The van der Waals surface area contributed by atoms with Crippen LogP contribution in [0.5, 0.6) is 0 Å². The Morgan fingerprint density at radius 1 is 1.11 bits per heavy atom. The summed E-state index contributed by atoms with van der Waals surface area (Å²) >= 11 is 5.85. The highest BCUT2D eigenvalue weighted by Gasteiger charge is 2.12. The molecule has 0 saturated carbocycles. The molecule has 1 amide bonds. The zero-order valence-electron chi connectivity index (χ0n) is 14.3. The fraction of sp³-hybridized carbons (Fsp3) is 0.167. The number of sulfone groups is 1. The Morgan fingerprint density at radius 2 is 1.78 bits per heavy atom. The smallest absolute Gasteiger partial charge is 0.227 e. The molecule has 1 heterocycles. The number of nitrogens with one attached hydrogen (secondary N) is 1. The summed E-state index contributed by atoms with van der Waals surface area (Å²) in [4.78, 5) is 16.5. The Labute approximate surface area is 161 Å². The summed E-state index contributed by atoms with van der Waals surface area (Å²) in [7, 11) is -3.26. The first kappa shape index (κ1) is 19.1. The van der Waals surface area contributed by atoms with Crippen LogP contribution in [0.3, 0.4) is 0 Å². The second-order valence-electron chi connectivity index (χ2n) is 5.86. The second kappa shape index (κ2) is 7.89. The second-order valence-corrected chi connectivity index (χ2v) is 8.32. The number of benzene rings is 2. The summed E-state index contributed by atoms with van der Waals surface area (Å²) in [5, 5.41) is 7.20. The summed E-state index contributed by atoms with van der Waals surface area (Å²) in [5.74, 6) is 0.536. The third-order valence-corrected chi connectivity index (χ3v) is 5.08. The molecule has 2 aromatic carbocycles. The predicted molar refractivity (Wildman–Crippen MR) is 101 cm³/mol. The largest absolute Gasteiger partial charge is 0.339 e. The molecule has 1 aromatic heterocycles. The Morgan fingerprint density at radius 3 is 2.41 bits per heavy atom. The first-order valence-corrected chi connectivity index (χ1v) is 10.3. The maximum atomic E-state index is 12.0. The van der Waals surface area contributed by atoms with Crippen LogP contribution in [0.15, 0.2) is 57.9 Å². The van der Waals surface area contributed by atoms with Gasteiger partial charge in [0.25, 0.3) is 0 Å². The highest BCUT2D eigenvalue weighted by atomic mass is 35.5. The zero-order valence-corrected chi connectivity index (χ0v) is 15.9. The quantitative estimate of drug-likeness (QED) is 0.674. The maximum absolute atomic E-state index is 12.0. The lowest BCUT2D eigenvalue weighted by Crippen LogP contribution is -2.12. The van der Waals surface area contributed by atoms with Gasteiger partial charge in [-0.2, -0.15) is 4.98 Å². The number of amides is 1. The number of hydrogen-bond acceptors (Lipinski definition) is 6. The van der Waals surface area contributed by atoms with Crippen molar-refractivity contribution in [2.75, 3.05) is 11.6 Å². The molecule has 0 fully saturated rings. The molecule has 3 rings (SSSR count). The van der Waals surface area contributed by atoms with Crippen molar-refractivity contribution in [1.29, 1.82) is 0 Å². The molecule has 0 aliphatic carbocycles. The number of rotatable bonds is 6. The van der Waals surface area contributed by atoms with Crippen molar-refractivity contribution in [3.05, 3.63) is 59.4 Å². The minimum Gasteiger partial charge on any atom is -0.339 e. The molecule has 9 heteroatoms. The van der Waals surface area contributed by atoms with Crippen molar-refractivity contribution in [3.63, 3.8) is 0 Å². The van der Waals surface area contributed by atoms with Crippen molar-refractivity contribution in [3.8, 4) is 11.4 Å². The molecule has 0 bridgehead atoms. The minimum absolute atomic E-state index is 0.149. The van der Waals surface area contributed by atoms with Gasteiger partial charge in [0.1, 0.15) is 0 Å². The van der Waals surface area contributed by atoms with Crippen molar-refractivity contribution in [1.82, 2.24) is 10.1 Å². The van der Waals surface area contributed by atoms with E-state index in [1.807, 2.05) is 0 Å². The summed E-state index contributed by atoms with van der Waals surface area (Å²) in [6, 6.07) is 13.0. The SMILES string of the molecule is CS(=O)(=O)c1ccc(NC(=O)CCc2nc(-c3ccc(Cl)cc3)no2)cc1. The van der Waals surface area contributed by atoms with E-state index >= 15 is 0 Å². The van der Waals surface area contributed by atoms with Crippen LogP contribution in [-0.4, -0.2) is 30.7 Å². The molecule has 1 N–H and O–H groups in total. The average Bonchev–Trinajstić information content (AvgIpc) is 3.09. The molecule has 0 radical (unpaired) electrons. The van der Waals surface area contributed by atoms with Crippen LogP contribution in [0.1, 0.15) is 12.3 Å². The Kier molecular flexibility index (Phi) is 5.57. The van der Waals surface area contributed by atoms with Gasteiger partial charge in [-0.05, 0) is 48.5 Å². The number of nitrogens with zero attached hydrogens (tertiary/aromatic N) is 2. The van der Waals surface area contributed by atoms with Crippen LogP contribution < -0.4 is 5.32 Å². The zero-order chi connectivity index (χ0) is 19.4. The summed E-state index contributed by atoms with van der Waals surface area (Å²) in [6.45, 7) is 0. The third kappa shape index (κ3) is 5.15. The van der Waals surface area contributed by atoms with Gasteiger partial charge in [-0.3, -0.25) is 4.79 Å². The van der Waals surface area contributed by atoms with Crippen molar-refractivity contribution in [2.45, 2.75) is 17.7 Å². The first-order valence-electron chi connectivity index (χ1n) is 8.00. The predicted octanol–water partition coefficient (Wildman–Crippen LogP) is 3.36. The first-order chi connectivity index (χ1) is 12.8. The molecule has 27 heavy (non-hydrogen) atoms. The number of aryl methyl sites for hydroxylation is 1. The van der Waals surface area contributed by atoms with Gasteiger partial charge in [0.15, 0.2) is 9.84 Å². The number of hydrogen-bond donors (Lipinski definition) is 1. The van der Waals surface area contributed by atoms with Gasteiger partial charge in [-0.15, -0.1) is 0 Å². The van der Waals surface area contributed by atoms with Crippen LogP contribution >= 0.6 is 11.6 Å². The van der Waals surface area contributed by atoms with E-state index in [2.05, 4.69) is 15.5 Å². The van der Waals surface area contributed by atoms with E-state index < -0.39 is 9.84 Å². The Bertz CT molecular complexity index is 1040. The van der Waals surface area contributed by atoms with E-state index in [4.69, 9.17) is 16.1 Å². The molecule has 140 valence electrons. The summed E-state index contributed by atoms with van der Waals surface area (Å²) < 4.78 is 28.0. The van der Waals surface area contributed by atoms with Crippen LogP contribution in [-0.2, 0) is 21.1 Å². The molecule has 0 atom stereocenters. The highest BCUT2D eigenvalue weighted by molar-refractivity contribution is 7.90. The van der Waals surface area contributed by atoms with Gasteiger partial charge < -0.3 is 9.84 Å². The number of carbonyl (C=O) groups is 1. The van der Waals surface area contributed by atoms with E-state index in [1.54, 1.807) is 36.4 Å². The minimum atomic E-state index is -3.26. The molecular weight excluding hydrogens is 390 g/mol. The van der Waals surface area contributed by atoms with E-state index in [9.17, 15) is 13.2 Å². The fourth-order valence-electron chi connectivity index (χ4n) is 2.30. The summed E-state index contributed by atoms with van der Waals surface area (Å²) in [5.41, 5.74) is 1.28. The Balaban J connectivity index is 1.56. The molecule has 0 spiro atoms. The van der Waals surface area contributed by atoms with E-state index in [0.29, 0.717) is 22.4 Å². The van der Waals surface area contributed by atoms with Gasteiger partial charge in [0.2, 0.25) is 17.6 Å². The van der Waals surface area contributed by atoms with Gasteiger partial charge in [-0.1, -0.05) is 16.8 Å². The molecule has 0 saturated heterocycles. The van der Waals surface area contributed by atoms with Gasteiger partial charge >= 0.3 is 0 Å². The lowest BCUT2D eigenvalue weighted by Gasteiger charge is -2.05. The fourth-order valence-corrected chi connectivity index (χ4v) is 3.06. The van der Waals surface area contributed by atoms with Crippen LogP contribution in [0.2, 0.25) is 5.02 Å². The lowest BCUT2D eigenvalue weighted by atomic mass is 10.2. The molecular formula is C18H16ClN3O4S. The normalized spacial score (nSPS) is 11.3. The molecule has 0 unspecified atom stereocenters. The van der Waals surface area contributed by atoms with E-state index in [-0.39, 0.29) is 23.6 Å². The number of anilines is 1. The van der Waals surface area contributed by atoms with Gasteiger partial charge in [0, 0.05) is 35.4 Å². The van der Waals surface area contributed by atoms with Crippen LogP contribution in [0.4, 0.5) is 5.69 Å². The van der Waals surface area contributed by atoms with Crippen LogP contribution in [0.25, 0.3) is 11.4 Å². The van der Waals surface area contributed by atoms with Gasteiger partial charge in [0.05, 0.1) is 4.90 Å².